The maximum absolute atomic E-state index is 5.32. The van der Waals surface area contributed by atoms with Gasteiger partial charge in [0.05, 0.1) is 12.5 Å². The van der Waals surface area contributed by atoms with Gasteiger partial charge in [0.25, 0.3) is 0 Å². The number of hydrogen-bond donors (Lipinski definition) is 1. The lowest BCUT2D eigenvalue weighted by Gasteiger charge is -2.06. The van der Waals surface area contributed by atoms with Crippen molar-refractivity contribution in [3.63, 3.8) is 0 Å². The second-order valence-electron chi connectivity index (χ2n) is 3.64. The summed E-state index contributed by atoms with van der Waals surface area (Å²) in [5.41, 5.74) is 2.15. The number of nitrogens with one attached hydrogen (secondary N) is 1. The molecule has 0 atom stereocenters. The average Bonchev–Trinajstić information content (AvgIpc) is 2.60. The Morgan fingerprint density at radius 2 is 2.21 bits per heavy atom. The summed E-state index contributed by atoms with van der Waals surface area (Å²) in [7, 11) is 1.69. The molecule has 2 rings (SSSR count). The van der Waals surface area contributed by atoms with Crippen LogP contribution >= 0.6 is 0 Å². The first kappa shape index (κ1) is 9.06. The summed E-state index contributed by atoms with van der Waals surface area (Å²) in [4.78, 5) is 7.41. The monoisotopic (exact) mass is 190 g/mol. The van der Waals surface area contributed by atoms with Gasteiger partial charge in [-0.3, -0.25) is 0 Å². The lowest BCUT2D eigenvalue weighted by molar-refractivity contribution is 0.419. The van der Waals surface area contributed by atoms with E-state index in [2.05, 4.69) is 23.8 Å². The molecule has 3 heteroatoms. The van der Waals surface area contributed by atoms with Gasteiger partial charge in [-0.2, -0.15) is 0 Å². The Morgan fingerprint density at radius 3 is 2.86 bits per heavy atom. The molecule has 2 aromatic rings. The molecular formula is C11H14N2O. The first-order valence-electron chi connectivity index (χ1n) is 4.74. The molecule has 0 saturated carbocycles. The Balaban J connectivity index is 2.74. The van der Waals surface area contributed by atoms with Crippen LogP contribution in [0.15, 0.2) is 18.5 Å². The van der Waals surface area contributed by atoms with Crippen LogP contribution < -0.4 is 4.74 Å². The van der Waals surface area contributed by atoms with Gasteiger partial charge >= 0.3 is 0 Å². The van der Waals surface area contributed by atoms with Crippen molar-refractivity contribution in [2.75, 3.05) is 7.11 Å². The van der Waals surface area contributed by atoms with E-state index in [9.17, 15) is 0 Å². The van der Waals surface area contributed by atoms with E-state index in [4.69, 9.17) is 4.74 Å². The fourth-order valence-electron chi connectivity index (χ4n) is 1.68. The topological polar surface area (TPSA) is 37.9 Å². The highest BCUT2D eigenvalue weighted by Crippen LogP contribution is 2.31. The van der Waals surface area contributed by atoms with E-state index in [1.165, 1.54) is 5.56 Å². The number of nitrogens with zero attached hydrogens (tertiary/aromatic N) is 1. The molecule has 2 aromatic heterocycles. The highest BCUT2D eigenvalue weighted by atomic mass is 16.5. The van der Waals surface area contributed by atoms with Gasteiger partial charge in [0.15, 0.2) is 0 Å². The number of ether oxygens (including phenoxy) is 1. The molecule has 14 heavy (non-hydrogen) atoms. The molecule has 0 aromatic carbocycles. The first-order valence-corrected chi connectivity index (χ1v) is 4.74. The lowest BCUT2D eigenvalue weighted by Crippen LogP contribution is -1.89. The second-order valence-corrected chi connectivity index (χ2v) is 3.64. The molecule has 0 radical (unpaired) electrons. The van der Waals surface area contributed by atoms with Crippen molar-refractivity contribution in [3.8, 4) is 5.75 Å². The molecule has 0 aliphatic rings. The molecule has 3 nitrogen and oxygen atoms in total. The molecule has 1 N–H and O–H groups in total. The van der Waals surface area contributed by atoms with Gasteiger partial charge in [0.2, 0.25) is 0 Å². The predicted octanol–water partition coefficient (Wildman–Crippen LogP) is 2.69. The SMILES string of the molecule is COc1ccnc2[nH]cc(C(C)C)c12. The van der Waals surface area contributed by atoms with Crippen molar-refractivity contribution < 1.29 is 4.74 Å². The van der Waals surface area contributed by atoms with Gasteiger partial charge in [-0.25, -0.2) is 4.98 Å². The summed E-state index contributed by atoms with van der Waals surface area (Å²) in [5, 5.41) is 1.10. The van der Waals surface area contributed by atoms with Crippen molar-refractivity contribution in [1.29, 1.82) is 0 Å². The van der Waals surface area contributed by atoms with Crippen LogP contribution in [0.5, 0.6) is 5.75 Å². The van der Waals surface area contributed by atoms with Crippen molar-refractivity contribution >= 4 is 11.0 Å². The molecule has 0 saturated heterocycles. The summed E-state index contributed by atoms with van der Waals surface area (Å²) in [6.07, 6.45) is 3.76. The van der Waals surface area contributed by atoms with Crippen LogP contribution in [-0.4, -0.2) is 17.1 Å². The summed E-state index contributed by atoms with van der Waals surface area (Å²) >= 11 is 0. The van der Waals surface area contributed by atoms with Gasteiger partial charge in [-0.05, 0) is 17.5 Å². The van der Waals surface area contributed by atoms with Crippen LogP contribution in [-0.2, 0) is 0 Å². The smallest absolute Gasteiger partial charge is 0.141 e. The van der Waals surface area contributed by atoms with Crippen molar-refractivity contribution in [3.05, 3.63) is 24.0 Å². The number of pyridine rings is 1. The van der Waals surface area contributed by atoms with E-state index in [0.29, 0.717) is 5.92 Å². The number of fused-ring (bicyclic) bond motifs is 1. The van der Waals surface area contributed by atoms with Gasteiger partial charge < -0.3 is 9.72 Å². The molecule has 74 valence electrons. The van der Waals surface area contributed by atoms with E-state index in [-0.39, 0.29) is 0 Å². The lowest BCUT2D eigenvalue weighted by atomic mass is 10.0. The quantitative estimate of drug-likeness (QED) is 0.790. The third-order valence-electron chi connectivity index (χ3n) is 2.41. The Morgan fingerprint density at radius 1 is 1.43 bits per heavy atom. The Kier molecular flexibility index (Phi) is 2.15. The molecule has 0 aliphatic heterocycles. The fourth-order valence-corrected chi connectivity index (χ4v) is 1.68. The second kappa shape index (κ2) is 3.33. The number of methoxy groups -OCH3 is 1. The maximum atomic E-state index is 5.32. The van der Waals surface area contributed by atoms with Gasteiger partial charge in [0, 0.05) is 12.4 Å². The van der Waals surface area contributed by atoms with E-state index in [1.807, 2.05) is 12.3 Å². The Labute approximate surface area is 83.1 Å². The fraction of sp³-hybridized carbons (Fsp3) is 0.364. The van der Waals surface area contributed by atoms with Crippen LogP contribution in [0, 0.1) is 0 Å². The minimum atomic E-state index is 0.474. The molecule has 0 aliphatic carbocycles. The number of hydrogen-bond acceptors (Lipinski definition) is 2. The zero-order valence-corrected chi connectivity index (χ0v) is 8.66. The minimum Gasteiger partial charge on any atom is -0.496 e. The predicted molar refractivity (Wildman–Crippen MR) is 56.7 cm³/mol. The van der Waals surface area contributed by atoms with Crippen LogP contribution in [0.25, 0.3) is 11.0 Å². The number of rotatable bonds is 2. The summed E-state index contributed by atoms with van der Waals surface area (Å²) in [5.74, 6) is 1.36. The largest absolute Gasteiger partial charge is 0.496 e. The van der Waals surface area contributed by atoms with Crippen molar-refractivity contribution in [1.82, 2.24) is 9.97 Å². The van der Waals surface area contributed by atoms with E-state index >= 15 is 0 Å². The zero-order chi connectivity index (χ0) is 10.1. The Hall–Kier alpha value is -1.51. The average molecular weight is 190 g/mol. The van der Waals surface area contributed by atoms with Crippen molar-refractivity contribution in [2.24, 2.45) is 0 Å². The van der Waals surface area contributed by atoms with E-state index in [0.717, 1.165) is 16.8 Å². The van der Waals surface area contributed by atoms with E-state index in [1.54, 1.807) is 13.3 Å². The molecule has 0 fully saturated rings. The number of aromatic amines is 1. The number of H-pyrrole nitrogens is 1. The van der Waals surface area contributed by atoms with Gasteiger partial charge in [0.1, 0.15) is 11.4 Å². The van der Waals surface area contributed by atoms with Crippen LogP contribution in [0.4, 0.5) is 0 Å². The van der Waals surface area contributed by atoms with Gasteiger partial charge in [-0.1, -0.05) is 13.8 Å². The van der Waals surface area contributed by atoms with Crippen LogP contribution in [0.2, 0.25) is 0 Å². The molecular weight excluding hydrogens is 176 g/mol. The zero-order valence-electron chi connectivity index (χ0n) is 8.66. The van der Waals surface area contributed by atoms with Gasteiger partial charge in [-0.15, -0.1) is 0 Å². The molecule has 0 bridgehead atoms. The number of aromatic nitrogens is 2. The normalized spacial score (nSPS) is 11.1. The summed E-state index contributed by atoms with van der Waals surface area (Å²) < 4.78 is 5.32. The molecule has 0 unspecified atom stereocenters. The molecule has 2 heterocycles. The molecule has 0 amide bonds. The highest BCUT2D eigenvalue weighted by Gasteiger charge is 2.11. The molecule has 0 spiro atoms. The highest BCUT2D eigenvalue weighted by molar-refractivity contribution is 5.86. The first-order chi connectivity index (χ1) is 6.74. The summed E-state index contributed by atoms with van der Waals surface area (Å²) in [6, 6.07) is 1.89. The third-order valence-corrected chi connectivity index (χ3v) is 2.41. The Bertz CT molecular complexity index is 445. The minimum absolute atomic E-state index is 0.474. The standard InChI is InChI=1S/C11H14N2O/c1-7(2)8-6-13-11-10(8)9(14-3)4-5-12-11/h4-7H,1-3H3,(H,12,13). The van der Waals surface area contributed by atoms with Crippen molar-refractivity contribution in [2.45, 2.75) is 19.8 Å². The maximum Gasteiger partial charge on any atom is 0.141 e. The van der Waals surface area contributed by atoms with Crippen LogP contribution in [0.1, 0.15) is 25.3 Å². The van der Waals surface area contributed by atoms with E-state index < -0.39 is 0 Å². The summed E-state index contributed by atoms with van der Waals surface area (Å²) in [6.45, 7) is 4.32. The van der Waals surface area contributed by atoms with Crippen LogP contribution in [0.3, 0.4) is 0 Å². The third kappa shape index (κ3) is 1.25.